The highest BCUT2D eigenvalue weighted by Crippen LogP contribution is 1.97. The van der Waals surface area contributed by atoms with Crippen molar-refractivity contribution >= 4 is 11.8 Å². The predicted molar refractivity (Wildman–Crippen MR) is 46.5 cm³/mol. The Bertz CT molecular complexity index is 359. The van der Waals surface area contributed by atoms with Crippen LogP contribution in [0.3, 0.4) is 0 Å². The lowest BCUT2D eigenvalue weighted by Gasteiger charge is -1.89. The van der Waals surface area contributed by atoms with E-state index in [1.54, 1.807) is 6.92 Å². The van der Waals surface area contributed by atoms with Gasteiger partial charge in [0.1, 0.15) is 11.5 Å². The van der Waals surface area contributed by atoms with Crippen molar-refractivity contribution in [3.63, 3.8) is 0 Å². The van der Waals surface area contributed by atoms with E-state index in [4.69, 9.17) is 5.73 Å². The van der Waals surface area contributed by atoms with Crippen LogP contribution in [0.2, 0.25) is 0 Å². The number of nitrogen functional groups attached to an aromatic ring is 1. The number of hydrogen-bond acceptors (Lipinski definition) is 4. The zero-order valence-electron chi connectivity index (χ0n) is 7.13. The number of nitrogens with zero attached hydrogens (tertiary/aromatic N) is 1. The first-order valence-corrected chi connectivity index (χ1v) is 3.72. The van der Waals surface area contributed by atoms with E-state index in [0.717, 1.165) is 0 Å². The molecule has 0 bridgehead atoms. The summed E-state index contributed by atoms with van der Waals surface area (Å²) in [6, 6.07) is 1.53. The smallest absolute Gasteiger partial charge is 0.384 e. The summed E-state index contributed by atoms with van der Waals surface area (Å²) in [6.07, 6.45) is 0. The fourth-order valence-corrected chi connectivity index (χ4v) is 0.687. The van der Waals surface area contributed by atoms with Crippen molar-refractivity contribution in [1.29, 1.82) is 0 Å². The number of nitrogens with one attached hydrogen (secondary N) is 1. The number of carbonyl (C=O) groups excluding carboxylic acids is 1. The number of carbonyl (C=O) groups is 1. The van der Waals surface area contributed by atoms with Gasteiger partial charge in [0.05, 0.1) is 6.61 Å². The number of rotatable bonds is 1. The Labute approximate surface area is 75.3 Å². The van der Waals surface area contributed by atoms with Gasteiger partial charge in [0.25, 0.3) is 0 Å². The van der Waals surface area contributed by atoms with Crippen LogP contribution in [0.5, 0.6) is 0 Å². The molecule has 68 valence electrons. The highest BCUT2D eigenvalue weighted by molar-refractivity contribution is 5.89. The lowest BCUT2D eigenvalue weighted by atomic mass is 10.4. The van der Waals surface area contributed by atoms with E-state index >= 15 is 0 Å². The molecule has 0 aliphatic heterocycles. The minimum atomic E-state index is -0.560. The molecule has 5 nitrogen and oxygen atoms in total. The molecule has 3 N–H and O–H groups in total. The van der Waals surface area contributed by atoms with Crippen LogP contribution in [0, 0.1) is 11.8 Å². The van der Waals surface area contributed by atoms with Gasteiger partial charge in [-0.05, 0) is 12.8 Å². The molecule has 0 spiro atoms. The minimum absolute atomic E-state index is 0.318. The van der Waals surface area contributed by atoms with Gasteiger partial charge in [0, 0.05) is 12.0 Å². The second-order valence-electron chi connectivity index (χ2n) is 2.18. The topological polar surface area (TPSA) is 81.0 Å². The number of aromatic nitrogens is 2. The van der Waals surface area contributed by atoms with Crippen LogP contribution in [0.4, 0.5) is 5.82 Å². The summed E-state index contributed by atoms with van der Waals surface area (Å²) in [5.74, 6) is 4.58. The summed E-state index contributed by atoms with van der Waals surface area (Å²) in [6.45, 7) is 2.03. The van der Waals surface area contributed by atoms with Crippen LogP contribution in [0.15, 0.2) is 6.07 Å². The third-order valence-corrected chi connectivity index (χ3v) is 1.17. The normalized spacial score (nSPS) is 8.69. The van der Waals surface area contributed by atoms with Crippen molar-refractivity contribution in [2.75, 3.05) is 12.3 Å². The van der Waals surface area contributed by atoms with Crippen LogP contribution in [-0.4, -0.2) is 22.8 Å². The van der Waals surface area contributed by atoms with E-state index in [1.165, 1.54) is 6.07 Å². The molecule has 0 aromatic carbocycles. The highest BCUT2D eigenvalue weighted by atomic mass is 16.5. The lowest BCUT2D eigenvalue weighted by molar-refractivity contribution is -0.136. The molecular formula is C8H9N3O2. The Kier molecular flexibility index (Phi) is 2.92. The van der Waals surface area contributed by atoms with Crippen LogP contribution in [0.1, 0.15) is 12.6 Å². The third-order valence-electron chi connectivity index (χ3n) is 1.17. The molecule has 0 saturated carbocycles. The summed E-state index contributed by atoms with van der Waals surface area (Å²) in [5.41, 5.74) is 5.81. The van der Waals surface area contributed by atoms with E-state index in [1.807, 2.05) is 0 Å². The third kappa shape index (κ3) is 2.87. The van der Waals surface area contributed by atoms with Crippen LogP contribution >= 0.6 is 0 Å². The zero-order chi connectivity index (χ0) is 9.68. The first-order valence-electron chi connectivity index (χ1n) is 3.72. The summed E-state index contributed by atoms with van der Waals surface area (Å²) in [5, 5.41) is 6.19. The summed E-state index contributed by atoms with van der Waals surface area (Å²) in [4.78, 5) is 10.8. The molecule has 1 aromatic rings. The van der Waals surface area contributed by atoms with Gasteiger partial charge in [-0.3, -0.25) is 5.10 Å². The van der Waals surface area contributed by atoms with Crippen LogP contribution in [-0.2, 0) is 9.53 Å². The lowest BCUT2D eigenvalue weighted by Crippen LogP contribution is -1.99. The Hall–Kier alpha value is -1.96. The number of aromatic amines is 1. The van der Waals surface area contributed by atoms with Gasteiger partial charge >= 0.3 is 5.97 Å². The van der Waals surface area contributed by atoms with Crippen molar-refractivity contribution in [3.05, 3.63) is 11.8 Å². The fraction of sp³-hybridized carbons (Fsp3) is 0.250. The summed E-state index contributed by atoms with van der Waals surface area (Å²) >= 11 is 0. The number of hydrogen-bond donors (Lipinski definition) is 2. The van der Waals surface area contributed by atoms with E-state index in [2.05, 4.69) is 26.8 Å². The average Bonchev–Trinajstić information content (AvgIpc) is 2.49. The molecular weight excluding hydrogens is 170 g/mol. The van der Waals surface area contributed by atoms with Crippen molar-refractivity contribution in [1.82, 2.24) is 10.2 Å². The highest BCUT2D eigenvalue weighted by Gasteiger charge is 1.94. The molecule has 0 saturated heterocycles. The molecule has 1 heterocycles. The SMILES string of the molecule is CCOC(=O)C#Cc1cc(N)n[nH]1. The molecule has 1 rings (SSSR count). The predicted octanol–water partition coefficient (Wildman–Crippen LogP) is -0.0935. The standard InChI is InChI=1S/C8H9N3O2/c1-2-13-8(12)4-3-6-5-7(9)11-10-6/h5H,2H2,1H3,(H3,9,10,11). The maximum atomic E-state index is 10.8. The Morgan fingerprint density at radius 1 is 1.85 bits per heavy atom. The van der Waals surface area contributed by atoms with Gasteiger partial charge in [-0.2, -0.15) is 5.10 Å². The quantitative estimate of drug-likeness (QED) is 0.466. The van der Waals surface area contributed by atoms with Crippen molar-refractivity contribution in [2.24, 2.45) is 0 Å². The van der Waals surface area contributed by atoms with E-state index in [9.17, 15) is 4.79 Å². The Morgan fingerprint density at radius 3 is 3.15 bits per heavy atom. The van der Waals surface area contributed by atoms with Crippen molar-refractivity contribution < 1.29 is 9.53 Å². The average molecular weight is 179 g/mol. The number of ether oxygens (including phenoxy) is 1. The molecule has 0 atom stereocenters. The molecule has 0 aliphatic carbocycles. The van der Waals surface area contributed by atoms with Gasteiger partial charge in [-0.1, -0.05) is 0 Å². The second kappa shape index (κ2) is 4.16. The van der Waals surface area contributed by atoms with Gasteiger partial charge in [-0.25, -0.2) is 4.79 Å². The maximum absolute atomic E-state index is 10.8. The van der Waals surface area contributed by atoms with Crippen molar-refractivity contribution in [3.8, 4) is 11.8 Å². The molecule has 0 radical (unpaired) electrons. The molecule has 5 heteroatoms. The van der Waals surface area contributed by atoms with Gasteiger partial charge in [0.15, 0.2) is 0 Å². The molecule has 0 amide bonds. The molecule has 0 fully saturated rings. The van der Waals surface area contributed by atoms with Crippen LogP contribution < -0.4 is 5.73 Å². The molecule has 0 aliphatic rings. The number of H-pyrrole nitrogens is 1. The molecule has 13 heavy (non-hydrogen) atoms. The van der Waals surface area contributed by atoms with Gasteiger partial charge in [-0.15, -0.1) is 0 Å². The fourth-order valence-electron chi connectivity index (χ4n) is 0.687. The summed E-state index contributed by atoms with van der Waals surface area (Å²) < 4.78 is 4.59. The van der Waals surface area contributed by atoms with Crippen LogP contribution in [0.25, 0.3) is 0 Å². The van der Waals surface area contributed by atoms with Gasteiger partial charge in [0.2, 0.25) is 0 Å². The molecule has 1 aromatic heterocycles. The monoisotopic (exact) mass is 179 g/mol. The van der Waals surface area contributed by atoms with E-state index in [0.29, 0.717) is 18.1 Å². The minimum Gasteiger partial charge on any atom is -0.456 e. The molecule has 0 unspecified atom stereocenters. The second-order valence-corrected chi connectivity index (χ2v) is 2.18. The first kappa shape index (κ1) is 9.13. The number of esters is 1. The van der Waals surface area contributed by atoms with E-state index < -0.39 is 5.97 Å². The van der Waals surface area contributed by atoms with E-state index in [-0.39, 0.29) is 0 Å². The first-order chi connectivity index (χ1) is 6.22. The number of nitrogens with two attached hydrogens (primary N) is 1. The zero-order valence-corrected chi connectivity index (χ0v) is 7.13. The number of anilines is 1. The van der Waals surface area contributed by atoms with Crippen molar-refractivity contribution in [2.45, 2.75) is 6.92 Å². The maximum Gasteiger partial charge on any atom is 0.384 e. The van der Waals surface area contributed by atoms with Gasteiger partial charge < -0.3 is 10.5 Å². The Morgan fingerprint density at radius 2 is 2.62 bits per heavy atom. The largest absolute Gasteiger partial charge is 0.456 e. The summed E-state index contributed by atoms with van der Waals surface area (Å²) in [7, 11) is 0. The Balaban J connectivity index is 2.62.